The molecule has 26 heavy (non-hydrogen) atoms. The first-order valence-electron chi connectivity index (χ1n) is 8.34. The highest BCUT2D eigenvalue weighted by molar-refractivity contribution is 7.12. The van der Waals surface area contributed by atoms with Crippen molar-refractivity contribution in [2.75, 3.05) is 13.7 Å². The maximum absolute atomic E-state index is 12.7. The molecule has 0 N–H and O–H groups in total. The number of esters is 1. The van der Waals surface area contributed by atoms with Crippen LogP contribution in [0.2, 0.25) is 5.02 Å². The fraction of sp³-hybridized carbons (Fsp3) is 0.368. The van der Waals surface area contributed by atoms with Gasteiger partial charge in [0.25, 0.3) is 5.91 Å². The van der Waals surface area contributed by atoms with Gasteiger partial charge in [-0.05, 0) is 55.0 Å². The molecule has 1 aliphatic rings. The third-order valence-electron chi connectivity index (χ3n) is 4.38. The number of ether oxygens (including phenoxy) is 2. The van der Waals surface area contributed by atoms with Gasteiger partial charge in [0.05, 0.1) is 12.0 Å². The van der Waals surface area contributed by atoms with Crippen molar-refractivity contribution in [2.45, 2.75) is 32.4 Å². The monoisotopic (exact) mass is 393 g/mol. The molecule has 7 heteroatoms. The number of hydrogen-bond acceptors (Lipinski definition) is 5. The highest BCUT2D eigenvalue weighted by Gasteiger charge is 2.35. The molecular weight excluding hydrogens is 374 g/mol. The van der Waals surface area contributed by atoms with Gasteiger partial charge in [-0.2, -0.15) is 0 Å². The summed E-state index contributed by atoms with van der Waals surface area (Å²) in [5, 5.41) is 2.57. The molecule has 1 aromatic heterocycles. The molecule has 1 amide bonds. The van der Waals surface area contributed by atoms with E-state index in [1.165, 1.54) is 18.4 Å². The van der Waals surface area contributed by atoms with Crippen LogP contribution >= 0.6 is 22.9 Å². The molecule has 2 aromatic rings. The average Bonchev–Trinajstić information content (AvgIpc) is 3.29. The Morgan fingerprint density at radius 2 is 2.15 bits per heavy atom. The molecule has 0 radical (unpaired) electrons. The number of carbonyl (C=O) groups excluding carboxylic acids is 2. The molecular formula is C19H20ClNO4S. The number of methoxy groups -OCH3 is 1. The van der Waals surface area contributed by atoms with E-state index in [0.29, 0.717) is 29.5 Å². The smallest absolute Gasteiger partial charge is 0.328 e. The summed E-state index contributed by atoms with van der Waals surface area (Å²) in [7, 11) is 1.35. The van der Waals surface area contributed by atoms with Crippen molar-refractivity contribution < 1.29 is 19.1 Å². The van der Waals surface area contributed by atoms with Gasteiger partial charge in [-0.25, -0.2) is 4.79 Å². The van der Waals surface area contributed by atoms with E-state index in [2.05, 4.69) is 0 Å². The SMILES string of the molecule is COC(=O)C1CCCN1C(=O)c1cc(COc2ccc(Cl)cc2C)cs1. The Balaban J connectivity index is 1.65. The Morgan fingerprint density at radius 3 is 2.88 bits per heavy atom. The number of rotatable bonds is 5. The van der Waals surface area contributed by atoms with Crippen LogP contribution < -0.4 is 4.74 Å². The fourth-order valence-electron chi connectivity index (χ4n) is 3.03. The summed E-state index contributed by atoms with van der Waals surface area (Å²) in [6, 6.07) is 6.81. The van der Waals surface area contributed by atoms with Crippen LogP contribution in [0.1, 0.15) is 33.6 Å². The second kappa shape index (κ2) is 8.10. The number of carbonyl (C=O) groups is 2. The second-order valence-electron chi connectivity index (χ2n) is 6.20. The summed E-state index contributed by atoms with van der Waals surface area (Å²) in [5.41, 5.74) is 1.88. The largest absolute Gasteiger partial charge is 0.489 e. The van der Waals surface area contributed by atoms with Crippen molar-refractivity contribution >= 4 is 34.8 Å². The molecule has 2 heterocycles. The predicted molar refractivity (Wildman–Crippen MR) is 101 cm³/mol. The number of benzene rings is 1. The molecule has 0 bridgehead atoms. The summed E-state index contributed by atoms with van der Waals surface area (Å²) < 4.78 is 10.6. The lowest BCUT2D eigenvalue weighted by Crippen LogP contribution is -2.40. The Morgan fingerprint density at radius 1 is 1.35 bits per heavy atom. The first-order chi connectivity index (χ1) is 12.5. The second-order valence-corrected chi connectivity index (χ2v) is 7.55. The van der Waals surface area contributed by atoms with Crippen LogP contribution in [0.3, 0.4) is 0 Å². The number of thiophene rings is 1. The van der Waals surface area contributed by atoms with Gasteiger partial charge in [0.2, 0.25) is 0 Å². The molecule has 1 fully saturated rings. The number of nitrogens with zero attached hydrogens (tertiary/aromatic N) is 1. The molecule has 0 spiro atoms. The molecule has 1 unspecified atom stereocenters. The van der Waals surface area contributed by atoms with Crippen LogP contribution in [-0.4, -0.2) is 36.5 Å². The van der Waals surface area contributed by atoms with Crippen LogP contribution in [0.4, 0.5) is 0 Å². The summed E-state index contributed by atoms with van der Waals surface area (Å²) >= 11 is 7.31. The normalized spacial score (nSPS) is 16.6. The summed E-state index contributed by atoms with van der Waals surface area (Å²) in [6.07, 6.45) is 1.46. The molecule has 0 saturated carbocycles. The molecule has 3 rings (SSSR count). The highest BCUT2D eigenvalue weighted by atomic mass is 35.5. The van der Waals surface area contributed by atoms with Crippen molar-refractivity contribution in [3.63, 3.8) is 0 Å². The average molecular weight is 394 g/mol. The van der Waals surface area contributed by atoms with Crippen LogP contribution in [0.15, 0.2) is 29.6 Å². The van der Waals surface area contributed by atoms with Crippen molar-refractivity contribution in [3.8, 4) is 5.75 Å². The summed E-state index contributed by atoms with van der Waals surface area (Å²) in [6.45, 7) is 2.88. The first kappa shape index (κ1) is 18.7. The van der Waals surface area contributed by atoms with Gasteiger partial charge in [-0.3, -0.25) is 4.79 Å². The third kappa shape index (κ3) is 4.02. The minimum Gasteiger partial charge on any atom is -0.489 e. The van der Waals surface area contributed by atoms with Crippen molar-refractivity contribution in [1.82, 2.24) is 4.90 Å². The molecule has 1 aliphatic heterocycles. The van der Waals surface area contributed by atoms with E-state index >= 15 is 0 Å². The Kier molecular flexibility index (Phi) is 5.84. The third-order valence-corrected chi connectivity index (χ3v) is 5.58. The molecule has 5 nitrogen and oxygen atoms in total. The van der Waals surface area contributed by atoms with Crippen LogP contribution in [0, 0.1) is 6.92 Å². The zero-order chi connectivity index (χ0) is 18.7. The highest BCUT2D eigenvalue weighted by Crippen LogP contribution is 2.26. The summed E-state index contributed by atoms with van der Waals surface area (Å²) in [5.74, 6) is 0.282. The topological polar surface area (TPSA) is 55.8 Å². The molecule has 0 aliphatic carbocycles. The zero-order valence-electron chi connectivity index (χ0n) is 14.7. The fourth-order valence-corrected chi connectivity index (χ4v) is 4.11. The number of hydrogen-bond donors (Lipinski definition) is 0. The molecule has 138 valence electrons. The van der Waals surface area contributed by atoms with Crippen molar-refractivity contribution in [1.29, 1.82) is 0 Å². The van der Waals surface area contributed by atoms with Crippen molar-refractivity contribution in [2.24, 2.45) is 0 Å². The molecule has 1 saturated heterocycles. The van der Waals surface area contributed by atoms with E-state index < -0.39 is 6.04 Å². The van der Waals surface area contributed by atoms with E-state index in [9.17, 15) is 9.59 Å². The zero-order valence-corrected chi connectivity index (χ0v) is 16.2. The minimum atomic E-state index is -0.481. The number of likely N-dealkylation sites (tertiary alicyclic amines) is 1. The van der Waals surface area contributed by atoms with E-state index in [-0.39, 0.29) is 11.9 Å². The van der Waals surface area contributed by atoms with Crippen molar-refractivity contribution in [3.05, 3.63) is 50.7 Å². The first-order valence-corrected chi connectivity index (χ1v) is 9.60. The van der Waals surface area contributed by atoms with E-state index in [4.69, 9.17) is 21.1 Å². The van der Waals surface area contributed by atoms with Crippen LogP contribution in [-0.2, 0) is 16.1 Å². The van der Waals surface area contributed by atoms with Gasteiger partial charge in [-0.15, -0.1) is 11.3 Å². The Bertz CT molecular complexity index is 820. The minimum absolute atomic E-state index is 0.128. The van der Waals surface area contributed by atoms with Crippen LogP contribution in [0.5, 0.6) is 5.75 Å². The summed E-state index contributed by atoms with van der Waals surface area (Å²) in [4.78, 5) is 26.8. The van der Waals surface area contributed by atoms with E-state index in [0.717, 1.165) is 23.3 Å². The predicted octanol–water partition coefficient (Wildman–Crippen LogP) is 4.07. The van der Waals surface area contributed by atoms with Gasteiger partial charge in [0.1, 0.15) is 18.4 Å². The molecule has 1 aromatic carbocycles. The van der Waals surface area contributed by atoms with Crippen LogP contribution in [0.25, 0.3) is 0 Å². The van der Waals surface area contributed by atoms with Gasteiger partial charge in [0, 0.05) is 17.1 Å². The van der Waals surface area contributed by atoms with Gasteiger partial charge in [-0.1, -0.05) is 11.6 Å². The maximum Gasteiger partial charge on any atom is 0.328 e. The molecule has 1 atom stereocenters. The number of aryl methyl sites for hydroxylation is 1. The lowest BCUT2D eigenvalue weighted by Gasteiger charge is -2.21. The van der Waals surface area contributed by atoms with Gasteiger partial charge >= 0.3 is 5.97 Å². The van der Waals surface area contributed by atoms with Gasteiger partial charge < -0.3 is 14.4 Å². The lowest BCUT2D eigenvalue weighted by molar-refractivity contribution is -0.145. The van der Waals surface area contributed by atoms with E-state index in [1.54, 1.807) is 11.0 Å². The standard InChI is InChI=1S/C19H20ClNO4S/c1-12-8-14(20)5-6-16(12)25-10-13-9-17(26-11-13)18(22)21-7-3-4-15(21)19(23)24-2/h5-6,8-9,11,15H,3-4,7,10H2,1-2H3. The maximum atomic E-state index is 12.7. The number of amides is 1. The Labute approximate surface area is 161 Å². The number of halogens is 1. The lowest BCUT2D eigenvalue weighted by atomic mass is 10.2. The quantitative estimate of drug-likeness (QED) is 0.718. The Hall–Kier alpha value is -2.05. The van der Waals surface area contributed by atoms with Gasteiger partial charge in [0.15, 0.2) is 0 Å². The van der Waals surface area contributed by atoms with E-state index in [1.807, 2.05) is 30.5 Å².